The van der Waals surface area contributed by atoms with Gasteiger partial charge < -0.3 is 9.47 Å². The van der Waals surface area contributed by atoms with Gasteiger partial charge in [-0.25, -0.2) is 0 Å². The van der Waals surface area contributed by atoms with Crippen molar-refractivity contribution >= 4 is 92.8 Å². The van der Waals surface area contributed by atoms with Crippen LogP contribution in [-0.2, 0) is 0 Å². The minimum atomic E-state index is -2.11. The van der Waals surface area contributed by atoms with Gasteiger partial charge in [0.15, 0.2) is 5.02 Å². The molecular formula is C6Cl8N2O2. The van der Waals surface area contributed by atoms with E-state index in [4.69, 9.17) is 102 Å². The molecule has 1 rings (SSSR count). The number of nitrogens with zero attached hydrogens (tertiary/aromatic N) is 2. The molecular weight excluding hydrogens is 416 g/mol. The molecule has 0 saturated heterocycles. The molecule has 0 amide bonds. The average Bonchev–Trinajstić information content (AvgIpc) is 2.07. The maximum absolute atomic E-state index is 5.81. The van der Waals surface area contributed by atoms with Crippen LogP contribution < -0.4 is 9.47 Å². The molecule has 0 spiro atoms. The zero-order chi connectivity index (χ0) is 14.1. The van der Waals surface area contributed by atoms with Gasteiger partial charge >= 0.3 is 7.96 Å². The molecule has 0 aromatic carbocycles. The van der Waals surface area contributed by atoms with E-state index in [1.165, 1.54) is 0 Å². The smallest absolute Gasteiger partial charge is 0.339 e. The minimum absolute atomic E-state index is 0.281. The van der Waals surface area contributed by atoms with Crippen molar-refractivity contribution in [2.24, 2.45) is 0 Å². The van der Waals surface area contributed by atoms with Crippen LogP contribution in [0, 0.1) is 0 Å². The summed E-state index contributed by atoms with van der Waals surface area (Å²) in [4.78, 5) is 7.17. The Balaban J connectivity index is 3.14. The number of hydrogen-bond donors (Lipinski definition) is 0. The second-order valence-corrected chi connectivity index (χ2v) is 7.58. The fourth-order valence-electron chi connectivity index (χ4n) is 0.737. The second-order valence-electron chi connectivity index (χ2n) is 2.51. The maximum atomic E-state index is 5.81. The van der Waals surface area contributed by atoms with Crippen molar-refractivity contribution in [3.05, 3.63) is 10.3 Å². The molecule has 0 atom stereocenters. The zero-order valence-electron chi connectivity index (χ0n) is 7.73. The summed E-state index contributed by atoms with van der Waals surface area (Å²) >= 11 is 43.8. The summed E-state index contributed by atoms with van der Waals surface area (Å²) in [6.45, 7) is 0. The molecule has 1 aromatic heterocycles. The highest BCUT2D eigenvalue weighted by Crippen LogP contribution is 2.40. The highest BCUT2D eigenvalue weighted by atomic mass is 35.6. The van der Waals surface area contributed by atoms with Gasteiger partial charge in [-0.1, -0.05) is 11.6 Å². The van der Waals surface area contributed by atoms with E-state index >= 15 is 0 Å². The van der Waals surface area contributed by atoms with Crippen molar-refractivity contribution < 1.29 is 9.47 Å². The third-order valence-corrected chi connectivity index (χ3v) is 2.14. The highest BCUT2D eigenvalue weighted by Gasteiger charge is 2.30. The van der Waals surface area contributed by atoms with Gasteiger partial charge in [0.2, 0.25) is 17.0 Å². The summed E-state index contributed by atoms with van der Waals surface area (Å²) in [5, 5.41) is -0.593. The third kappa shape index (κ3) is 5.97. The molecule has 0 aliphatic rings. The van der Waals surface area contributed by atoms with Gasteiger partial charge in [0, 0.05) is 0 Å². The number of ether oxygens (including phenoxy) is 2. The number of alkyl halides is 6. The lowest BCUT2D eigenvalue weighted by atomic mass is 10.6. The highest BCUT2D eigenvalue weighted by molar-refractivity contribution is 6.67. The first-order chi connectivity index (χ1) is 7.98. The summed E-state index contributed by atoms with van der Waals surface area (Å²) in [7, 11) is 0. The first-order valence-electron chi connectivity index (χ1n) is 3.72. The quantitative estimate of drug-likeness (QED) is 0.492. The Morgan fingerprint density at radius 3 is 1.33 bits per heavy atom. The minimum Gasteiger partial charge on any atom is -0.426 e. The SMILES string of the molecule is Clc1nc(OC(Cl)(Cl)Cl)c(Cl)c(OC(Cl)(Cl)Cl)n1. The molecule has 0 bridgehead atoms. The van der Waals surface area contributed by atoms with Gasteiger partial charge in [-0.15, -0.1) is 0 Å². The maximum Gasteiger partial charge on any atom is 0.339 e. The fraction of sp³-hybridized carbons (Fsp3) is 0.333. The first-order valence-corrected chi connectivity index (χ1v) is 6.75. The molecule has 12 heteroatoms. The first kappa shape index (κ1) is 17.1. The Morgan fingerprint density at radius 2 is 1.06 bits per heavy atom. The largest absolute Gasteiger partial charge is 0.426 e. The summed E-state index contributed by atoms with van der Waals surface area (Å²) in [5.41, 5.74) is 0. The Labute approximate surface area is 141 Å². The van der Waals surface area contributed by atoms with Crippen molar-refractivity contribution in [3.63, 3.8) is 0 Å². The molecule has 0 unspecified atom stereocenters. The third-order valence-electron chi connectivity index (χ3n) is 1.19. The Hall–Kier alpha value is 1.00. The monoisotopic (exact) mass is 412 g/mol. The van der Waals surface area contributed by atoms with Crippen molar-refractivity contribution in [2.75, 3.05) is 0 Å². The predicted octanol–water partition coefficient (Wildman–Crippen LogP) is 5.20. The Bertz CT molecular complexity index is 405. The number of aromatic nitrogens is 2. The van der Waals surface area contributed by atoms with Gasteiger partial charge in [0.1, 0.15) is 0 Å². The van der Waals surface area contributed by atoms with Crippen molar-refractivity contribution in [2.45, 2.75) is 7.96 Å². The van der Waals surface area contributed by atoms with E-state index in [0.717, 1.165) is 0 Å². The van der Waals surface area contributed by atoms with Gasteiger partial charge in [-0.2, -0.15) is 9.97 Å². The summed E-state index contributed by atoms with van der Waals surface area (Å²) in [6, 6.07) is 0. The number of halogens is 8. The molecule has 1 heterocycles. The van der Waals surface area contributed by atoms with Crippen LogP contribution >= 0.6 is 92.8 Å². The Kier molecular flexibility index (Phi) is 5.86. The van der Waals surface area contributed by atoms with E-state index in [1.54, 1.807) is 0 Å². The zero-order valence-corrected chi connectivity index (χ0v) is 13.8. The topological polar surface area (TPSA) is 44.2 Å². The summed E-state index contributed by atoms with van der Waals surface area (Å²) < 4.78 is 5.35. The predicted molar refractivity (Wildman–Crippen MR) is 73.9 cm³/mol. The Morgan fingerprint density at radius 1 is 0.722 bits per heavy atom. The van der Waals surface area contributed by atoms with Crippen molar-refractivity contribution in [1.29, 1.82) is 0 Å². The van der Waals surface area contributed by atoms with E-state index in [1.807, 2.05) is 0 Å². The number of rotatable bonds is 2. The normalized spacial score (nSPS) is 12.4. The molecule has 0 saturated carbocycles. The van der Waals surface area contributed by atoms with Crippen LogP contribution in [0.4, 0.5) is 0 Å². The summed E-state index contributed by atoms with van der Waals surface area (Å²) in [5.74, 6) is -0.693. The molecule has 1 aromatic rings. The molecule has 0 aliphatic heterocycles. The van der Waals surface area contributed by atoms with E-state index in [0.29, 0.717) is 0 Å². The lowest BCUT2D eigenvalue weighted by Gasteiger charge is -2.17. The second kappa shape index (κ2) is 6.19. The van der Waals surface area contributed by atoms with Gasteiger partial charge in [0.05, 0.1) is 0 Å². The van der Waals surface area contributed by atoms with Crippen LogP contribution in [-0.4, -0.2) is 17.9 Å². The molecule has 0 radical (unpaired) electrons. The molecule has 0 aliphatic carbocycles. The van der Waals surface area contributed by atoms with Crippen LogP contribution in [0.2, 0.25) is 10.3 Å². The van der Waals surface area contributed by atoms with E-state index in [9.17, 15) is 0 Å². The fourth-order valence-corrected chi connectivity index (χ4v) is 1.49. The van der Waals surface area contributed by atoms with Crippen LogP contribution in [0.5, 0.6) is 11.8 Å². The lowest BCUT2D eigenvalue weighted by Crippen LogP contribution is -2.17. The van der Waals surface area contributed by atoms with E-state index in [2.05, 4.69) is 9.97 Å². The van der Waals surface area contributed by atoms with Crippen LogP contribution in [0.3, 0.4) is 0 Å². The van der Waals surface area contributed by atoms with Crippen molar-refractivity contribution in [1.82, 2.24) is 9.97 Å². The van der Waals surface area contributed by atoms with Gasteiger partial charge in [0.25, 0.3) is 0 Å². The molecule has 4 nitrogen and oxygen atoms in total. The van der Waals surface area contributed by atoms with Crippen LogP contribution in [0.25, 0.3) is 0 Å². The van der Waals surface area contributed by atoms with Crippen LogP contribution in [0.1, 0.15) is 0 Å². The summed E-state index contributed by atoms with van der Waals surface area (Å²) in [6.07, 6.45) is 0. The van der Waals surface area contributed by atoms with Gasteiger partial charge in [-0.05, 0) is 81.2 Å². The van der Waals surface area contributed by atoms with Crippen LogP contribution in [0.15, 0.2) is 0 Å². The molecule has 18 heavy (non-hydrogen) atoms. The number of hydrogen-bond acceptors (Lipinski definition) is 4. The van der Waals surface area contributed by atoms with E-state index in [-0.39, 0.29) is 22.1 Å². The average molecular weight is 416 g/mol. The molecule has 0 N–H and O–H groups in total. The molecule has 102 valence electrons. The van der Waals surface area contributed by atoms with Gasteiger partial charge in [-0.3, -0.25) is 0 Å². The standard InChI is InChI=1S/C6Cl8N2O2/c7-1-2(17-5(9,10)11)15-4(8)16-3(1)18-6(12,13)14. The van der Waals surface area contributed by atoms with Crippen molar-refractivity contribution in [3.8, 4) is 11.8 Å². The van der Waals surface area contributed by atoms with E-state index < -0.39 is 7.96 Å². The molecule has 0 fully saturated rings. The lowest BCUT2D eigenvalue weighted by molar-refractivity contribution is 0.287.